The van der Waals surface area contributed by atoms with Crippen LogP contribution in [0.3, 0.4) is 0 Å². The van der Waals surface area contributed by atoms with Gasteiger partial charge in [-0.3, -0.25) is 14.0 Å². The maximum atomic E-state index is 6.20. The summed E-state index contributed by atoms with van der Waals surface area (Å²) in [5.41, 5.74) is 5.39. The van der Waals surface area contributed by atoms with Gasteiger partial charge in [0.05, 0.1) is 24.6 Å². The van der Waals surface area contributed by atoms with Crippen molar-refractivity contribution in [3.8, 4) is 23.0 Å². The molecule has 0 radical (unpaired) electrons. The molecule has 0 aliphatic carbocycles. The molecule has 226 valence electrons. The number of aromatic nitrogens is 1. The zero-order valence-corrected chi connectivity index (χ0v) is 27.0. The highest BCUT2D eigenvalue weighted by molar-refractivity contribution is 7.42. The Hall–Kier alpha value is -3.99. The molecule has 1 heterocycles. The molecule has 0 aliphatic rings. The number of para-hydroxylation sites is 4. The van der Waals surface area contributed by atoms with Crippen molar-refractivity contribution >= 4 is 17.2 Å². The van der Waals surface area contributed by atoms with Crippen LogP contribution < -0.4 is 18.1 Å². The molecule has 0 aliphatic heterocycles. The van der Waals surface area contributed by atoms with E-state index in [-0.39, 0.29) is 13.2 Å². The van der Waals surface area contributed by atoms with Crippen molar-refractivity contribution in [1.29, 1.82) is 0 Å². The highest BCUT2D eigenvalue weighted by atomic mass is 31.2. The standard InChI is InChI=1S/C35H35NO6P2/c1-26-14-5-9-20-32(26)39-43(40-33-21-10-6-15-27(33)2)37-24-30-18-13-19-31(36-30)25-38-44(41-34-22-11-7-16-28(34)3)42-35-23-12-8-17-29(35)4/h5-23H,24-25H2,1-4H3. The molecule has 0 amide bonds. The van der Waals surface area contributed by atoms with Crippen LogP contribution in [0.1, 0.15) is 33.6 Å². The zero-order valence-electron chi connectivity index (χ0n) is 25.2. The first-order valence-electron chi connectivity index (χ1n) is 14.2. The first-order valence-corrected chi connectivity index (χ1v) is 16.4. The van der Waals surface area contributed by atoms with E-state index in [1.807, 2.05) is 143 Å². The smallest absolute Gasteiger partial charge is 0.417 e. The van der Waals surface area contributed by atoms with Crippen molar-refractivity contribution in [3.05, 3.63) is 149 Å². The van der Waals surface area contributed by atoms with Gasteiger partial charge < -0.3 is 18.1 Å². The quantitative estimate of drug-likeness (QED) is 0.114. The second-order valence-corrected chi connectivity index (χ2v) is 12.2. The Balaban J connectivity index is 1.27. The van der Waals surface area contributed by atoms with E-state index in [1.54, 1.807) is 0 Å². The molecule has 5 aromatic rings. The van der Waals surface area contributed by atoms with E-state index < -0.39 is 17.2 Å². The Morgan fingerprint density at radius 1 is 0.409 bits per heavy atom. The minimum Gasteiger partial charge on any atom is -0.417 e. The Labute approximate surface area is 261 Å². The highest BCUT2D eigenvalue weighted by Gasteiger charge is 2.22. The predicted molar refractivity (Wildman–Crippen MR) is 175 cm³/mol. The summed E-state index contributed by atoms with van der Waals surface area (Å²) in [4.78, 5) is 4.76. The third-order valence-electron chi connectivity index (χ3n) is 6.57. The van der Waals surface area contributed by atoms with Gasteiger partial charge in [-0.25, -0.2) is 0 Å². The van der Waals surface area contributed by atoms with Crippen molar-refractivity contribution in [1.82, 2.24) is 4.98 Å². The molecule has 5 rings (SSSR count). The molecule has 0 fully saturated rings. The van der Waals surface area contributed by atoms with E-state index in [4.69, 9.17) is 32.1 Å². The first-order chi connectivity index (χ1) is 21.4. The minimum absolute atomic E-state index is 0.186. The van der Waals surface area contributed by atoms with Gasteiger partial charge in [-0.1, -0.05) is 78.9 Å². The molecule has 1 aromatic heterocycles. The lowest BCUT2D eigenvalue weighted by atomic mass is 10.2. The molecule has 7 nitrogen and oxygen atoms in total. The summed E-state index contributed by atoms with van der Waals surface area (Å²) in [6, 6.07) is 36.9. The van der Waals surface area contributed by atoms with Crippen LogP contribution in [-0.2, 0) is 22.3 Å². The van der Waals surface area contributed by atoms with Gasteiger partial charge in [-0.2, -0.15) is 0 Å². The topological polar surface area (TPSA) is 68.3 Å². The van der Waals surface area contributed by atoms with Crippen LogP contribution in [0, 0.1) is 27.7 Å². The summed E-state index contributed by atoms with van der Waals surface area (Å²) in [6.45, 7) is 8.32. The van der Waals surface area contributed by atoms with E-state index in [0.29, 0.717) is 34.4 Å². The lowest BCUT2D eigenvalue weighted by Gasteiger charge is -2.20. The van der Waals surface area contributed by atoms with Crippen molar-refractivity contribution in [3.63, 3.8) is 0 Å². The summed E-state index contributed by atoms with van der Waals surface area (Å²) < 4.78 is 37.2. The van der Waals surface area contributed by atoms with Crippen LogP contribution in [0.25, 0.3) is 0 Å². The van der Waals surface area contributed by atoms with E-state index in [9.17, 15) is 0 Å². The van der Waals surface area contributed by atoms with Crippen LogP contribution in [-0.4, -0.2) is 4.98 Å². The fourth-order valence-electron chi connectivity index (χ4n) is 4.03. The molecule has 0 N–H and O–H groups in total. The van der Waals surface area contributed by atoms with Gasteiger partial charge in [-0.05, 0) is 86.3 Å². The van der Waals surface area contributed by atoms with E-state index in [0.717, 1.165) is 22.3 Å². The Morgan fingerprint density at radius 3 is 1.00 bits per heavy atom. The van der Waals surface area contributed by atoms with Crippen molar-refractivity contribution < 1.29 is 27.1 Å². The Kier molecular flexibility index (Phi) is 11.2. The third-order valence-corrected chi connectivity index (χ3v) is 8.63. The van der Waals surface area contributed by atoms with Crippen LogP contribution in [0.4, 0.5) is 0 Å². The van der Waals surface area contributed by atoms with E-state index >= 15 is 0 Å². The van der Waals surface area contributed by atoms with Gasteiger partial charge in [0.25, 0.3) is 0 Å². The lowest BCUT2D eigenvalue weighted by Crippen LogP contribution is -2.05. The van der Waals surface area contributed by atoms with E-state index in [2.05, 4.69) is 0 Å². The molecule has 0 saturated carbocycles. The normalized spacial score (nSPS) is 11.0. The zero-order chi connectivity index (χ0) is 30.7. The lowest BCUT2D eigenvalue weighted by molar-refractivity contribution is 0.245. The molecule has 0 spiro atoms. The molecular formula is C35H35NO6P2. The summed E-state index contributed by atoms with van der Waals surface area (Å²) >= 11 is 0. The average molecular weight is 628 g/mol. The first kappa shape index (κ1) is 31.4. The molecule has 0 bridgehead atoms. The Bertz CT molecular complexity index is 1450. The van der Waals surface area contributed by atoms with Crippen LogP contribution in [0.5, 0.6) is 23.0 Å². The molecule has 44 heavy (non-hydrogen) atoms. The molecule has 9 heteroatoms. The van der Waals surface area contributed by atoms with Crippen molar-refractivity contribution in [2.75, 3.05) is 0 Å². The third kappa shape index (κ3) is 9.01. The second kappa shape index (κ2) is 15.7. The molecule has 0 unspecified atom stereocenters. The van der Waals surface area contributed by atoms with Gasteiger partial charge in [0.1, 0.15) is 23.0 Å². The molecule has 0 atom stereocenters. The van der Waals surface area contributed by atoms with Crippen molar-refractivity contribution in [2.24, 2.45) is 0 Å². The van der Waals surface area contributed by atoms with Crippen LogP contribution in [0.15, 0.2) is 115 Å². The van der Waals surface area contributed by atoms with Gasteiger partial charge in [0, 0.05) is 0 Å². The summed E-state index contributed by atoms with van der Waals surface area (Å²) in [7, 11) is -3.54. The fraction of sp³-hybridized carbons (Fsp3) is 0.171. The maximum absolute atomic E-state index is 6.20. The summed E-state index contributed by atoms with van der Waals surface area (Å²) in [5, 5.41) is 0. The summed E-state index contributed by atoms with van der Waals surface area (Å²) in [5.74, 6) is 2.83. The number of hydrogen-bond acceptors (Lipinski definition) is 7. The largest absolute Gasteiger partial charge is 0.463 e. The van der Waals surface area contributed by atoms with Gasteiger partial charge in [-0.15, -0.1) is 0 Å². The number of aryl methyl sites for hydroxylation is 4. The number of nitrogens with zero attached hydrogens (tertiary/aromatic N) is 1. The molecule has 4 aromatic carbocycles. The number of benzene rings is 4. The van der Waals surface area contributed by atoms with Gasteiger partial charge in [0.2, 0.25) is 0 Å². The summed E-state index contributed by atoms with van der Waals surface area (Å²) in [6.07, 6.45) is 0. The van der Waals surface area contributed by atoms with Gasteiger partial charge >= 0.3 is 17.2 Å². The molecule has 0 saturated heterocycles. The average Bonchev–Trinajstić information content (AvgIpc) is 3.03. The van der Waals surface area contributed by atoms with Gasteiger partial charge in [0.15, 0.2) is 0 Å². The van der Waals surface area contributed by atoms with Crippen molar-refractivity contribution in [2.45, 2.75) is 40.9 Å². The highest BCUT2D eigenvalue weighted by Crippen LogP contribution is 2.45. The Morgan fingerprint density at radius 2 is 0.705 bits per heavy atom. The fourth-order valence-corrected chi connectivity index (χ4v) is 6.25. The number of rotatable bonds is 14. The maximum Gasteiger partial charge on any atom is 0.463 e. The number of hydrogen-bond donors (Lipinski definition) is 0. The van der Waals surface area contributed by atoms with E-state index in [1.165, 1.54) is 0 Å². The second-order valence-electron chi connectivity index (χ2n) is 10.0. The van der Waals surface area contributed by atoms with Crippen LogP contribution in [0.2, 0.25) is 0 Å². The minimum atomic E-state index is -1.77. The number of pyridine rings is 1. The predicted octanol–water partition coefficient (Wildman–Crippen LogP) is 10.1. The SMILES string of the molecule is Cc1ccccc1OP(OCc1cccc(COP(Oc2ccccc2C)Oc2ccccc2C)n1)Oc1ccccc1C. The van der Waals surface area contributed by atoms with Crippen LogP contribution >= 0.6 is 17.2 Å². The molecular weight excluding hydrogens is 592 g/mol. The monoisotopic (exact) mass is 627 g/mol.